The van der Waals surface area contributed by atoms with Crippen LogP contribution < -0.4 is 0 Å². The summed E-state index contributed by atoms with van der Waals surface area (Å²) < 4.78 is 26.1. The molecule has 0 N–H and O–H groups in total. The molecular weight excluding hydrogens is 277 g/mol. The van der Waals surface area contributed by atoms with Crippen LogP contribution in [0.4, 0.5) is 8.78 Å². The zero-order valence-electron chi connectivity index (χ0n) is 10.0. The van der Waals surface area contributed by atoms with Crippen molar-refractivity contribution in [3.63, 3.8) is 0 Å². The molecule has 1 atom stereocenters. The first-order chi connectivity index (χ1) is 8.48. The highest BCUT2D eigenvalue weighted by atomic mass is 35.5. The van der Waals surface area contributed by atoms with E-state index in [1.165, 1.54) is 0 Å². The molecule has 0 aromatic heterocycles. The molecule has 0 radical (unpaired) electrons. The molecule has 0 nitrogen and oxygen atoms in total. The number of hydrogen-bond acceptors (Lipinski definition) is 0. The molecule has 0 amide bonds. The monoisotopic (exact) mass is 292 g/mol. The highest BCUT2D eigenvalue weighted by Gasteiger charge is 2.37. The quantitative estimate of drug-likeness (QED) is 0.662. The number of halogens is 4. The second-order valence-electron chi connectivity index (χ2n) is 5.00. The van der Waals surface area contributed by atoms with Crippen LogP contribution in [0.25, 0.3) is 0 Å². The molecule has 18 heavy (non-hydrogen) atoms. The number of benzene rings is 1. The van der Waals surface area contributed by atoms with E-state index in [0.717, 1.165) is 5.56 Å². The van der Waals surface area contributed by atoms with Gasteiger partial charge in [-0.15, -0.1) is 11.6 Å². The van der Waals surface area contributed by atoms with Gasteiger partial charge in [0.2, 0.25) is 5.92 Å². The smallest absolute Gasteiger partial charge is 0.207 e. The van der Waals surface area contributed by atoms with Crippen molar-refractivity contribution in [2.45, 2.75) is 43.4 Å². The standard InChI is InChI=1S/C14H16Cl2F2/c15-12-4-2-1-3-11(12)9-13(16)10-5-7-14(17,18)8-6-10/h1-4,10,13H,5-9H2. The largest absolute Gasteiger partial charge is 0.248 e. The lowest BCUT2D eigenvalue weighted by Crippen LogP contribution is -2.29. The molecule has 2 rings (SSSR count). The van der Waals surface area contributed by atoms with Crippen LogP contribution in [0.3, 0.4) is 0 Å². The van der Waals surface area contributed by atoms with Crippen molar-refractivity contribution in [1.29, 1.82) is 0 Å². The minimum absolute atomic E-state index is 0.0383. The number of rotatable bonds is 3. The lowest BCUT2D eigenvalue weighted by Gasteiger charge is -2.31. The van der Waals surface area contributed by atoms with Gasteiger partial charge in [-0.05, 0) is 36.8 Å². The van der Waals surface area contributed by atoms with E-state index in [4.69, 9.17) is 23.2 Å². The van der Waals surface area contributed by atoms with Gasteiger partial charge in [0.1, 0.15) is 0 Å². The maximum Gasteiger partial charge on any atom is 0.248 e. The minimum Gasteiger partial charge on any atom is -0.207 e. The third kappa shape index (κ3) is 3.58. The van der Waals surface area contributed by atoms with Crippen LogP contribution in [0.15, 0.2) is 24.3 Å². The van der Waals surface area contributed by atoms with E-state index < -0.39 is 5.92 Å². The molecule has 1 unspecified atom stereocenters. The van der Waals surface area contributed by atoms with Gasteiger partial charge in [-0.1, -0.05) is 29.8 Å². The Bertz CT molecular complexity index is 397. The zero-order chi connectivity index (χ0) is 13.2. The van der Waals surface area contributed by atoms with Gasteiger partial charge >= 0.3 is 0 Å². The molecule has 1 saturated carbocycles. The Balaban J connectivity index is 1.93. The lowest BCUT2D eigenvalue weighted by atomic mass is 9.83. The SMILES string of the molecule is FC1(F)CCC(C(Cl)Cc2ccccc2Cl)CC1. The fraction of sp³-hybridized carbons (Fsp3) is 0.571. The van der Waals surface area contributed by atoms with Gasteiger partial charge in [0.15, 0.2) is 0 Å². The third-order valence-electron chi connectivity index (χ3n) is 3.65. The number of hydrogen-bond donors (Lipinski definition) is 0. The first kappa shape index (κ1) is 14.1. The van der Waals surface area contributed by atoms with E-state index in [1.54, 1.807) is 0 Å². The van der Waals surface area contributed by atoms with Crippen LogP contribution in [-0.2, 0) is 6.42 Å². The molecular formula is C14H16Cl2F2. The van der Waals surface area contributed by atoms with E-state index in [1.807, 2.05) is 24.3 Å². The van der Waals surface area contributed by atoms with Gasteiger partial charge in [-0.25, -0.2) is 8.78 Å². The molecule has 0 saturated heterocycles. The second-order valence-corrected chi connectivity index (χ2v) is 5.97. The first-order valence-electron chi connectivity index (χ1n) is 6.23. The average molecular weight is 293 g/mol. The van der Waals surface area contributed by atoms with E-state index >= 15 is 0 Å². The third-order valence-corrected chi connectivity index (χ3v) is 4.53. The van der Waals surface area contributed by atoms with Crippen LogP contribution in [0.2, 0.25) is 5.02 Å². The molecule has 100 valence electrons. The van der Waals surface area contributed by atoms with Gasteiger partial charge in [0.05, 0.1) is 0 Å². The summed E-state index contributed by atoms with van der Waals surface area (Å²) in [5.41, 5.74) is 0.997. The van der Waals surface area contributed by atoms with Crippen molar-refractivity contribution in [1.82, 2.24) is 0 Å². The normalized spacial score (nSPS) is 21.8. The summed E-state index contributed by atoms with van der Waals surface area (Å²) in [7, 11) is 0. The number of alkyl halides is 3. The van der Waals surface area contributed by atoms with Crippen molar-refractivity contribution in [2.24, 2.45) is 5.92 Å². The Morgan fingerprint density at radius 2 is 1.83 bits per heavy atom. The summed E-state index contributed by atoms with van der Waals surface area (Å²) >= 11 is 12.4. The Morgan fingerprint density at radius 3 is 2.44 bits per heavy atom. The Hall–Kier alpha value is -0.340. The fourth-order valence-electron chi connectivity index (χ4n) is 2.46. The molecule has 4 heteroatoms. The topological polar surface area (TPSA) is 0 Å². The Kier molecular flexibility index (Phi) is 4.50. The van der Waals surface area contributed by atoms with Gasteiger partial charge in [0, 0.05) is 23.2 Å². The van der Waals surface area contributed by atoms with Crippen molar-refractivity contribution >= 4 is 23.2 Å². The summed E-state index contributed by atoms with van der Waals surface area (Å²) in [6.45, 7) is 0. The molecule has 0 bridgehead atoms. The van der Waals surface area contributed by atoms with Gasteiger partial charge in [-0.2, -0.15) is 0 Å². The molecule has 1 aliphatic carbocycles. The maximum atomic E-state index is 13.1. The van der Waals surface area contributed by atoms with Gasteiger partial charge in [-0.3, -0.25) is 0 Å². The average Bonchev–Trinajstić information content (AvgIpc) is 2.32. The fourth-order valence-corrected chi connectivity index (χ4v) is 3.10. The summed E-state index contributed by atoms with van der Waals surface area (Å²) in [6.07, 6.45) is 1.58. The summed E-state index contributed by atoms with van der Waals surface area (Å²) in [4.78, 5) is 0. The molecule has 0 spiro atoms. The molecule has 0 heterocycles. The minimum atomic E-state index is -2.49. The maximum absolute atomic E-state index is 13.1. The molecule has 0 aliphatic heterocycles. The van der Waals surface area contributed by atoms with Crippen LogP contribution in [0.1, 0.15) is 31.2 Å². The molecule has 1 fully saturated rings. The predicted molar refractivity (Wildman–Crippen MR) is 71.7 cm³/mol. The van der Waals surface area contributed by atoms with E-state index in [9.17, 15) is 8.78 Å². The van der Waals surface area contributed by atoms with E-state index in [2.05, 4.69) is 0 Å². The first-order valence-corrected chi connectivity index (χ1v) is 7.05. The van der Waals surface area contributed by atoms with Crippen molar-refractivity contribution in [2.75, 3.05) is 0 Å². The zero-order valence-corrected chi connectivity index (χ0v) is 11.5. The molecule has 1 aromatic rings. The van der Waals surface area contributed by atoms with Crippen molar-refractivity contribution in [3.05, 3.63) is 34.9 Å². The van der Waals surface area contributed by atoms with Gasteiger partial charge in [0.25, 0.3) is 0 Å². The summed E-state index contributed by atoms with van der Waals surface area (Å²) in [6, 6.07) is 7.56. The second kappa shape index (κ2) is 5.75. The van der Waals surface area contributed by atoms with Crippen molar-refractivity contribution < 1.29 is 8.78 Å². The van der Waals surface area contributed by atoms with Gasteiger partial charge < -0.3 is 0 Å². The van der Waals surface area contributed by atoms with Crippen molar-refractivity contribution in [3.8, 4) is 0 Å². The Labute approximate surface area is 116 Å². The van der Waals surface area contributed by atoms with E-state index in [0.29, 0.717) is 24.3 Å². The van der Waals surface area contributed by atoms with Crippen LogP contribution >= 0.6 is 23.2 Å². The van der Waals surface area contributed by atoms with Crippen LogP contribution in [0.5, 0.6) is 0 Å². The van der Waals surface area contributed by atoms with Crippen LogP contribution in [-0.4, -0.2) is 11.3 Å². The summed E-state index contributed by atoms with van der Waals surface area (Å²) in [5, 5.41) is 0.588. The Morgan fingerprint density at radius 1 is 1.22 bits per heavy atom. The molecule has 1 aromatic carbocycles. The highest BCUT2D eigenvalue weighted by Crippen LogP contribution is 2.39. The van der Waals surface area contributed by atoms with Crippen LogP contribution in [0, 0.1) is 5.92 Å². The highest BCUT2D eigenvalue weighted by molar-refractivity contribution is 6.31. The summed E-state index contributed by atoms with van der Waals surface area (Å²) in [5.74, 6) is -2.32. The van der Waals surface area contributed by atoms with E-state index in [-0.39, 0.29) is 24.1 Å². The predicted octanol–water partition coefficient (Wildman–Crippen LogP) is 5.32. The lowest BCUT2D eigenvalue weighted by molar-refractivity contribution is -0.0459. The molecule has 1 aliphatic rings.